The predicted octanol–water partition coefficient (Wildman–Crippen LogP) is 3.68. The first-order chi connectivity index (χ1) is 20.0. The van der Waals surface area contributed by atoms with Crippen molar-refractivity contribution in [3.8, 4) is 5.88 Å². The van der Waals surface area contributed by atoms with E-state index in [4.69, 9.17) is 0 Å². The van der Waals surface area contributed by atoms with Crippen LogP contribution < -0.4 is 20.9 Å². The van der Waals surface area contributed by atoms with Crippen LogP contribution in [0, 0.1) is 0 Å². The molecule has 0 aliphatic carbocycles. The molecule has 0 fully saturated rings. The van der Waals surface area contributed by atoms with Gasteiger partial charge in [0.15, 0.2) is 17.1 Å². The average molecular weight is 543 g/mol. The summed E-state index contributed by atoms with van der Waals surface area (Å²) >= 11 is 0. The Labute approximate surface area is 234 Å². The Kier molecular flexibility index (Phi) is 6.87. The summed E-state index contributed by atoms with van der Waals surface area (Å²) in [5.74, 6) is -2.12. The first kappa shape index (κ1) is 25.8. The van der Waals surface area contributed by atoms with Gasteiger partial charge in [-0.3, -0.25) is 14.6 Å². The van der Waals surface area contributed by atoms with E-state index in [0.29, 0.717) is 17.7 Å². The molecule has 2 atom stereocenters. The summed E-state index contributed by atoms with van der Waals surface area (Å²) in [6.45, 7) is 0.544. The number of nitrogens with one attached hydrogen (secondary N) is 2. The van der Waals surface area contributed by atoms with E-state index in [9.17, 15) is 19.5 Å². The fraction of sp³-hybridized carbons (Fsp3) is 0.0909. The van der Waals surface area contributed by atoms with Crippen LogP contribution in [-0.4, -0.2) is 20.3 Å². The summed E-state index contributed by atoms with van der Waals surface area (Å²) in [5.41, 5.74) is 1.80. The molecule has 2 aromatic heterocycles. The third-order valence-electron chi connectivity index (χ3n) is 7.28. The van der Waals surface area contributed by atoms with Crippen LogP contribution in [0.4, 0.5) is 0 Å². The van der Waals surface area contributed by atoms with E-state index >= 15 is 0 Å². The number of nitrogens with zero attached hydrogens (tertiary/aromatic N) is 2. The third-order valence-corrected chi connectivity index (χ3v) is 7.28. The molecule has 41 heavy (non-hydrogen) atoms. The lowest BCUT2D eigenvalue weighted by Crippen LogP contribution is -2.36. The molecule has 202 valence electrons. The number of imidazole rings is 1. The topological polar surface area (TPSA) is 115 Å². The normalized spacial score (nSPS) is 12.7. The van der Waals surface area contributed by atoms with Crippen molar-refractivity contribution in [3.05, 3.63) is 165 Å². The Hall–Kier alpha value is -5.50. The smallest absolute Gasteiger partial charge is 0.325 e. The molecule has 0 saturated heterocycles. The van der Waals surface area contributed by atoms with E-state index < -0.39 is 29.1 Å². The Morgan fingerprint density at radius 1 is 0.780 bits per heavy atom. The molecule has 0 aliphatic rings. The highest BCUT2D eigenvalue weighted by atomic mass is 16.3. The Morgan fingerprint density at radius 3 is 2.07 bits per heavy atom. The van der Waals surface area contributed by atoms with Crippen molar-refractivity contribution in [2.24, 2.45) is 0 Å². The third kappa shape index (κ3) is 4.98. The molecule has 2 heterocycles. The monoisotopic (exact) mass is 542 g/mol. The number of hydrogen-bond donors (Lipinski definition) is 2. The van der Waals surface area contributed by atoms with Crippen molar-refractivity contribution in [1.82, 2.24) is 14.5 Å². The highest BCUT2D eigenvalue weighted by Gasteiger charge is 2.40. The lowest BCUT2D eigenvalue weighted by Gasteiger charge is -2.27. The van der Waals surface area contributed by atoms with E-state index in [0.717, 1.165) is 16.6 Å². The summed E-state index contributed by atoms with van der Waals surface area (Å²) in [7, 11) is 0. The van der Waals surface area contributed by atoms with Gasteiger partial charge in [-0.1, -0.05) is 103 Å². The molecule has 0 bridgehead atoms. The molecule has 4 aromatic carbocycles. The molecular weight excluding hydrogens is 516 g/mol. The van der Waals surface area contributed by atoms with Gasteiger partial charge in [-0.25, -0.2) is 13.9 Å². The van der Waals surface area contributed by atoms with Crippen LogP contribution in [0.25, 0.3) is 11.0 Å². The van der Waals surface area contributed by atoms with Crippen molar-refractivity contribution in [3.63, 3.8) is 0 Å². The van der Waals surface area contributed by atoms with Crippen molar-refractivity contribution in [2.75, 3.05) is 0 Å². The Balaban J connectivity index is 1.65. The highest BCUT2D eigenvalue weighted by Crippen LogP contribution is 2.39. The van der Waals surface area contributed by atoms with Crippen LogP contribution in [0.3, 0.4) is 0 Å². The first-order valence-corrected chi connectivity index (χ1v) is 13.2. The summed E-state index contributed by atoms with van der Waals surface area (Å²) in [4.78, 5) is 44.2. The van der Waals surface area contributed by atoms with E-state index in [1.807, 2.05) is 82.2 Å². The molecular formula is C33H26N4O4. The first-order valence-electron chi connectivity index (χ1n) is 13.2. The number of ketones is 1. The number of hydrogen-bond acceptors (Lipinski definition) is 4. The van der Waals surface area contributed by atoms with Gasteiger partial charge in [-0.15, -0.1) is 0 Å². The van der Waals surface area contributed by atoms with Crippen LogP contribution in [0.1, 0.15) is 39.0 Å². The number of benzene rings is 4. The van der Waals surface area contributed by atoms with Crippen molar-refractivity contribution < 1.29 is 14.5 Å². The van der Waals surface area contributed by atoms with Gasteiger partial charge in [-0.2, -0.15) is 0 Å². The molecule has 6 rings (SSSR count). The van der Waals surface area contributed by atoms with Crippen LogP contribution in [0.15, 0.2) is 131 Å². The Bertz CT molecular complexity index is 1940. The molecule has 8 nitrogen and oxygen atoms in total. The van der Waals surface area contributed by atoms with Crippen LogP contribution in [-0.2, 0) is 6.54 Å². The molecule has 0 spiro atoms. The second-order valence-corrected chi connectivity index (χ2v) is 9.84. The minimum Gasteiger partial charge on any atom is -0.860 e. The summed E-state index contributed by atoms with van der Waals surface area (Å²) in [5, 5.41) is 13.3. The standard InChI is InChI=1S/C33H26N4O4/c38-30(24-16-8-3-9-17-24)29(27(23-14-6-2-7-15-23)28-31(39)34-33(41)35-32(28)40)37-21-36(20-22-12-4-1-5-13-22)25-18-10-11-19-26(25)37/h1-19,21,27,29H,20H2,(H2-,34,35,39,40,41). The maximum atomic E-state index is 14.5. The van der Waals surface area contributed by atoms with Gasteiger partial charge in [-0.05, 0) is 29.1 Å². The number of para-hydroxylation sites is 2. The number of aromatic nitrogens is 4. The van der Waals surface area contributed by atoms with Gasteiger partial charge in [0, 0.05) is 11.1 Å². The van der Waals surface area contributed by atoms with Gasteiger partial charge < -0.3 is 10.1 Å². The maximum absolute atomic E-state index is 14.5. The maximum Gasteiger partial charge on any atom is 0.325 e. The van der Waals surface area contributed by atoms with Gasteiger partial charge >= 0.3 is 5.69 Å². The second kappa shape index (κ2) is 10.9. The van der Waals surface area contributed by atoms with E-state index in [1.54, 1.807) is 48.5 Å². The predicted molar refractivity (Wildman–Crippen MR) is 153 cm³/mol. The fourth-order valence-corrected chi connectivity index (χ4v) is 5.46. The molecule has 0 amide bonds. The fourth-order valence-electron chi connectivity index (χ4n) is 5.46. The zero-order chi connectivity index (χ0) is 28.3. The lowest BCUT2D eigenvalue weighted by atomic mass is 9.82. The van der Waals surface area contributed by atoms with Gasteiger partial charge in [0.2, 0.25) is 12.1 Å². The summed E-state index contributed by atoms with van der Waals surface area (Å²) < 4.78 is 3.89. The quantitative estimate of drug-likeness (QED) is 0.226. The number of Topliss-reactive ketones (excluding diaryl/α,β-unsaturated/α-hetero) is 1. The molecule has 0 radical (unpaired) electrons. The minimum atomic E-state index is -1.04. The lowest BCUT2D eigenvalue weighted by molar-refractivity contribution is -0.663. The highest BCUT2D eigenvalue weighted by molar-refractivity contribution is 6.00. The number of rotatable bonds is 8. The van der Waals surface area contributed by atoms with Crippen molar-refractivity contribution >= 4 is 16.8 Å². The molecule has 6 aromatic rings. The molecule has 0 saturated carbocycles. The second-order valence-electron chi connectivity index (χ2n) is 9.84. The number of fused-ring (bicyclic) bond motifs is 1. The molecule has 2 N–H and O–H groups in total. The van der Waals surface area contributed by atoms with E-state index in [-0.39, 0.29) is 11.3 Å². The number of aromatic amines is 2. The van der Waals surface area contributed by atoms with Gasteiger partial charge in [0.05, 0.1) is 5.92 Å². The number of carbonyl (C=O) groups is 1. The van der Waals surface area contributed by atoms with E-state index in [1.165, 1.54) is 0 Å². The molecule has 2 unspecified atom stereocenters. The SMILES string of the molecule is O=C(c1ccccc1)C(C(c1ccccc1)c1c([O-])[nH]c(=O)[nH]c1=O)n1c[n+](Cc2ccccc2)c2ccccc21. The van der Waals surface area contributed by atoms with Crippen molar-refractivity contribution in [2.45, 2.75) is 18.5 Å². The largest absolute Gasteiger partial charge is 0.860 e. The zero-order valence-electron chi connectivity index (χ0n) is 21.9. The average Bonchev–Trinajstić information content (AvgIpc) is 3.35. The molecule has 0 aliphatic heterocycles. The number of H-pyrrole nitrogens is 2. The summed E-state index contributed by atoms with van der Waals surface area (Å²) in [6.07, 6.45) is 1.86. The zero-order valence-corrected chi connectivity index (χ0v) is 21.9. The van der Waals surface area contributed by atoms with Crippen LogP contribution in [0.5, 0.6) is 5.88 Å². The minimum absolute atomic E-state index is 0.211. The van der Waals surface area contributed by atoms with E-state index in [2.05, 4.69) is 9.97 Å². The number of carbonyl (C=O) groups excluding carboxylic acids is 1. The van der Waals surface area contributed by atoms with Gasteiger partial charge in [0.1, 0.15) is 6.54 Å². The Morgan fingerprint density at radius 2 is 1.39 bits per heavy atom. The van der Waals surface area contributed by atoms with Crippen LogP contribution in [0.2, 0.25) is 0 Å². The van der Waals surface area contributed by atoms with Crippen molar-refractivity contribution in [1.29, 1.82) is 0 Å². The van der Waals surface area contributed by atoms with Gasteiger partial charge in [0.25, 0.3) is 5.56 Å². The summed E-state index contributed by atoms with van der Waals surface area (Å²) in [6, 6.07) is 34.4. The van der Waals surface area contributed by atoms with Crippen LogP contribution >= 0.6 is 0 Å². The molecule has 8 heteroatoms.